The van der Waals surface area contributed by atoms with Gasteiger partial charge in [0, 0.05) is 38.3 Å². The average Bonchev–Trinajstić information content (AvgIpc) is 3.19. The molecular formula is C22H36N4O3. The topological polar surface area (TPSA) is 67.4 Å². The monoisotopic (exact) mass is 404 g/mol. The molecule has 2 saturated heterocycles. The summed E-state index contributed by atoms with van der Waals surface area (Å²) in [5, 5.41) is 6.78. The molecule has 1 aromatic rings. The van der Waals surface area contributed by atoms with Crippen molar-refractivity contribution in [1.82, 2.24) is 15.5 Å². The lowest BCUT2D eigenvalue weighted by molar-refractivity contribution is -0.0453. The van der Waals surface area contributed by atoms with E-state index < -0.39 is 0 Å². The number of hydrogen-bond acceptors (Lipinski definition) is 5. The van der Waals surface area contributed by atoms with Gasteiger partial charge >= 0.3 is 0 Å². The van der Waals surface area contributed by atoms with Gasteiger partial charge < -0.3 is 24.8 Å². The summed E-state index contributed by atoms with van der Waals surface area (Å²) >= 11 is 0. The van der Waals surface area contributed by atoms with Crippen LogP contribution in [0.25, 0.3) is 0 Å². The number of hydrogen-bond donors (Lipinski definition) is 2. The van der Waals surface area contributed by atoms with Crippen LogP contribution in [0.2, 0.25) is 0 Å². The van der Waals surface area contributed by atoms with Crippen LogP contribution in [0.3, 0.4) is 0 Å². The van der Waals surface area contributed by atoms with Crippen molar-refractivity contribution in [2.24, 2.45) is 4.99 Å². The second kappa shape index (κ2) is 11.4. The van der Waals surface area contributed by atoms with Crippen LogP contribution in [0.4, 0.5) is 0 Å². The molecule has 0 aliphatic carbocycles. The van der Waals surface area contributed by atoms with E-state index in [1.165, 1.54) is 24.9 Å². The predicted molar refractivity (Wildman–Crippen MR) is 116 cm³/mol. The quantitative estimate of drug-likeness (QED) is 0.373. The molecule has 3 rings (SSSR count). The summed E-state index contributed by atoms with van der Waals surface area (Å²) in [5.41, 5.74) is 2.24. The summed E-state index contributed by atoms with van der Waals surface area (Å²) in [6, 6.07) is 6.87. The van der Waals surface area contributed by atoms with Gasteiger partial charge in [-0.05, 0) is 44.9 Å². The Kier molecular flexibility index (Phi) is 8.58. The van der Waals surface area contributed by atoms with Gasteiger partial charge in [0.15, 0.2) is 5.96 Å². The molecule has 0 radical (unpaired) electrons. The Balaban J connectivity index is 1.56. The Labute approximate surface area is 174 Å². The minimum absolute atomic E-state index is 0.209. The van der Waals surface area contributed by atoms with E-state index in [2.05, 4.69) is 47.6 Å². The molecule has 0 amide bonds. The molecule has 2 unspecified atom stereocenters. The Morgan fingerprint density at radius 1 is 1.31 bits per heavy atom. The number of rotatable bonds is 9. The fourth-order valence-corrected chi connectivity index (χ4v) is 3.89. The van der Waals surface area contributed by atoms with Crippen molar-refractivity contribution >= 4 is 5.96 Å². The van der Waals surface area contributed by atoms with Crippen molar-refractivity contribution in [3.63, 3.8) is 0 Å². The largest absolute Gasteiger partial charge is 0.491 e. The molecule has 2 N–H and O–H groups in total. The van der Waals surface area contributed by atoms with Gasteiger partial charge in [0.2, 0.25) is 0 Å². The van der Waals surface area contributed by atoms with Gasteiger partial charge in [-0.3, -0.25) is 4.90 Å². The van der Waals surface area contributed by atoms with Gasteiger partial charge in [-0.15, -0.1) is 0 Å². The fourth-order valence-electron chi connectivity index (χ4n) is 3.89. The van der Waals surface area contributed by atoms with Crippen molar-refractivity contribution < 1.29 is 14.2 Å². The zero-order chi connectivity index (χ0) is 20.5. The van der Waals surface area contributed by atoms with Crippen LogP contribution < -0.4 is 15.4 Å². The molecule has 0 aromatic heterocycles. The Hall–Kier alpha value is -1.83. The number of morpholine rings is 1. The molecule has 2 aliphatic rings. The smallest absolute Gasteiger partial charge is 0.191 e. The highest BCUT2D eigenvalue weighted by Gasteiger charge is 2.32. The highest BCUT2D eigenvalue weighted by molar-refractivity contribution is 5.79. The Morgan fingerprint density at radius 2 is 2.21 bits per heavy atom. The maximum Gasteiger partial charge on any atom is 0.191 e. The summed E-state index contributed by atoms with van der Waals surface area (Å²) in [6.07, 6.45) is 2.78. The number of guanidine groups is 1. The lowest BCUT2D eigenvalue weighted by Crippen LogP contribution is -2.51. The molecular weight excluding hydrogens is 368 g/mol. The van der Waals surface area contributed by atoms with Crippen molar-refractivity contribution in [3.05, 3.63) is 29.3 Å². The fraction of sp³-hybridized carbons (Fsp3) is 0.682. The first kappa shape index (κ1) is 21.9. The van der Waals surface area contributed by atoms with Crippen LogP contribution in [0.1, 0.15) is 30.9 Å². The SMILES string of the molecule is CCNC(=NCc1ccc(C)cc1OCCOC)NCC1CN2CCCC2CO1. The molecule has 162 valence electrons. The van der Waals surface area contributed by atoms with E-state index in [9.17, 15) is 0 Å². The van der Waals surface area contributed by atoms with Crippen molar-refractivity contribution in [3.8, 4) is 5.75 Å². The van der Waals surface area contributed by atoms with Gasteiger partial charge in [-0.1, -0.05) is 12.1 Å². The van der Waals surface area contributed by atoms with E-state index in [-0.39, 0.29) is 6.10 Å². The van der Waals surface area contributed by atoms with Crippen LogP contribution in [0.15, 0.2) is 23.2 Å². The number of nitrogens with zero attached hydrogens (tertiary/aromatic N) is 2. The third-order valence-corrected chi connectivity index (χ3v) is 5.48. The number of aryl methyl sites for hydroxylation is 1. The molecule has 0 spiro atoms. The molecule has 2 heterocycles. The zero-order valence-corrected chi connectivity index (χ0v) is 18.1. The summed E-state index contributed by atoms with van der Waals surface area (Å²) < 4.78 is 17.0. The molecule has 1 aromatic carbocycles. The summed E-state index contributed by atoms with van der Waals surface area (Å²) in [5.74, 6) is 1.68. The van der Waals surface area contributed by atoms with Gasteiger partial charge in [0.1, 0.15) is 12.4 Å². The first-order valence-electron chi connectivity index (χ1n) is 10.8. The highest BCUT2D eigenvalue weighted by atomic mass is 16.5. The minimum atomic E-state index is 0.209. The molecule has 2 fully saturated rings. The number of methoxy groups -OCH3 is 1. The average molecular weight is 405 g/mol. The van der Waals surface area contributed by atoms with Crippen LogP contribution in [0, 0.1) is 6.92 Å². The van der Waals surface area contributed by atoms with E-state index in [1.807, 2.05) is 0 Å². The predicted octanol–water partition coefficient (Wildman–Crippen LogP) is 1.94. The molecule has 7 heteroatoms. The van der Waals surface area contributed by atoms with E-state index in [1.54, 1.807) is 7.11 Å². The Morgan fingerprint density at radius 3 is 3.03 bits per heavy atom. The van der Waals surface area contributed by atoms with E-state index in [0.717, 1.165) is 43.5 Å². The lowest BCUT2D eigenvalue weighted by atomic mass is 10.1. The maximum absolute atomic E-state index is 6.05. The van der Waals surface area contributed by atoms with E-state index in [0.29, 0.717) is 25.8 Å². The second-order valence-electron chi connectivity index (χ2n) is 7.77. The summed E-state index contributed by atoms with van der Waals surface area (Å²) in [6.45, 7) is 10.4. The number of fused-ring (bicyclic) bond motifs is 1. The first-order chi connectivity index (χ1) is 14.2. The number of aliphatic imine (C=N–C) groups is 1. The molecule has 2 aliphatic heterocycles. The normalized spacial score (nSPS) is 22.4. The number of nitrogens with one attached hydrogen (secondary N) is 2. The van der Waals surface area contributed by atoms with Crippen molar-refractivity contribution in [1.29, 1.82) is 0 Å². The van der Waals surface area contributed by atoms with Crippen molar-refractivity contribution in [2.75, 3.05) is 53.1 Å². The molecule has 0 saturated carbocycles. The number of benzene rings is 1. The molecule has 7 nitrogen and oxygen atoms in total. The van der Waals surface area contributed by atoms with Crippen LogP contribution >= 0.6 is 0 Å². The van der Waals surface area contributed by atoms with E-state index >= 15 is 0 Å². The maximum atomic E-state index is 6.05. The van der Waals surface area contributed by atoms with Gasteiger partial charge in [-0.2, -0.15) is 0 Å². The van der Waals surface area contributed by atoms with Gasteiger partial charge in [0.25, 0.3) is 0 Å². The molecule has 0 bridgehead atoms. The standard InChI is InChI=1S/C22H36N4O3/c1-4-23-22(25-14-20-15-26-9-5-6-19(26)16-29-20)24-13-18-8-7-17(2)12-21(18)28-11-10-27-3/h7-8,12,19-20H,4-6,9-11,13-16H2,1-3H3,(H2,23,24,25). The molecule has 29 heavy (non-hydrogen) atoms. The third-order valence-electron chi connectivity index (χ3n) is 5.48. The first-order valence-corrected chi connectivity index (χ1v) is 10.8. The summed E-state index contributed by atoms with van der Waals surface area (Å²) in [7, 11) is 1.68. The third kappa shape index (κ3) is 6.59. The Bertz CT molecular complexity index is 667. The van der Waals surface area contributed by atoms with E-state index in [4.69, 9.17) is 19.2 Å². The van der Waals surface area contributed by atoms with Crippen LogP contribution in [-0.2, 0) is 16.0 Å². The van der Waals surface area contributed by atoms with Crippen LogP contribution in [0.5, 0.6) is 5.75 Å². The minimum Gasteiger partial charge on any atom is -0.491 e. The van der Waals surface area contributed by atoms with Gasteiger partial charge in [0.05, 0.1) is 25.9 Å². The second-order valence-corrected chi connectivity index (χ2v) is 7.77. The van der Waals surface area contributed by atoms with Gasteiger partial charge in [-0.25, -0.2) is 4.99 Å². The van der Waals surface area contributed by atoms with Crippen LogP contribution in [-0.4, -0.2) is 76.1 Å². The number of ether oxygens (including phenoxy) is 3. The molecule has 2 atom stereocenters. The summed E-state index contributed by atoms with van der Waals surface area (Å²) in [4.78, 5) is 7.33. The van der Waals surface area contributed by atoms with Crippen molar-refractivity contribution in [2.45, 2.75) is 45.4 Å². The highest BCUT2D eigenvalue weighted by Crippen LogP contribution is 2.23. The zero-order valence-electron chi connectivity index (χ0n) is 18.1. The lowest BCUT2D eigenvalue weighted by Gasteiger charge is -2.35.